The lowest BCUT2D eigenvalue weighted by atomic mass is 10.2. The van der Waals surface area contributed by atoms with Gasteiger partial charge in [0.25, 0.3) is 0 Å². The lowest BCUT2D eigenvalue weighted by molar-refractivity contribution is -0.115. The van der Waals surface area contributed by atoms with E-state index in [1.54, 1.807) is 29.4 Å². The van der Waals surface area contributed by atoms with E-state index in [1.807, 2.05) is 25.1 Å². The van der Waals surface area contributed by atoms with Gasteiger partial charge in [-0.05, 0) is 43.0 Å². The number of amides is 1. The molecule has 0 fully saturated rings. The lowest BCUT2D eigenvalue weighted by Crippen LogP contribution is -2.32. The van der Waals surface area contributed by atoms with E-state index in [4.69, 9.17) is 11.6 Å². The highest BCUT2D eigenvalue weighted by atomic mass is 35.5. The zero-order valence-electron chi connectivity index (χ0n) is 15.8. The molecule has 28 heavy (non-hydrogen) atoms. The van der Waals surface area contributed by atoms with Crippen molar-refractivity contribution in [3.05, 3.63) is 70.4 Å². The molecule has 2 aromatic rings. The molecule has 0 unspecified atom stereocenters. The van der Waals surface area contributed by atoms with Crippen molar-refractivity contribution in [2.75, 3.05) is 19.0 Å². The van der Waals surface area contributed by atoms with Gasteiger partial charge in [0.1, 0.15) is 5.70 Å². The third-order valence-electron chi connectivity index (χ3n) is 3.96. The van der Waals surface area contributed by atoms with Crippen LogP contribution in [0, 0.1) is 6.92 Å². The highest BCUT2D eigenvalue weighted by molar-refractivity contribution is 6.30. The molecule has 7 nitrogen and oxygen atoms in total. The van der Waals surface area contributed by atoms with Crippen LogP contribution < -0.4 is 5.32 Å². The third kappa shape index (κ3) is 5.65. The van der Waals surface area contributed by atoms with E-state index in [0.29, 0.717) is 24.3 Å². The number of nitrogens with one attached hydrogen (secondary N) is 1. The number of nitrogens with zero attached hydrogens (tertiary/aromatic N) is 4. The van der Waals surface area contributed by atoms with E-state index in [-0.39, 0.29) is 18.2 Å². The van der Waals surface area contributed by atoms with Crippen LogP contribution in [0.4, 0.5) is 5.69 Å². The summed E-state index contributed by atoms with van der Waals surface area (Å²) in [6.45, 7) is 6.11. The van der Waals surface area contributed by atoms with Crippen molar-refractivity contribution in [3.63, 3.8) is 0 Å². The maximum atomic E-state index is 11.9. The number of halogens is 1. The van der Waals surface area contributed by atoms with Crippen molar-refractivity contribution in [1.29, 1.82) is 0 Å². The summed E-state index contributed by atoms with van der Waals surface area (Å²) in [4.78, 5) is 34.1. The summed E-state index contributed by atoms with van der Waals surface area (Å²) in [5.74, 6) is 0.170. The smallest absolute Gasteiger partial charge is 0.215 e. The van der Waals surface area contributed by atoms with E-state index in [0.717, 1.165) is 16.8 Å². The fourth-order valence-corrected chi connectivity index (χ4v) is 2.69. The number of carbonyl (C=O) groups is 2. The molecule has 0 spiro atoms. The Morgan fingerprint density at radius 3 is 2.57 bits per heavy atom. The lowest BCUT2D eigenvalue weighted by Gasteiger charge is -2.28. The molecule has 1 N–H and O–H groups in total. The van der Waals surface area contributed by atoms with Crippen LogP contribution in [-0.2, 0) is 16.1 Å². The fourth-order valence-electron chi connectivity index (χ4n) is 2.57. The predicted octanol–water partition coefficient (Wildman–Crippen LogP) is 3.07. The van der Waals surface area contributed by atoms with Crippen molar-refractivity contribution >= 4 is 36.7 Å². The van der Waals surface area contributed by atoms with E-state index >= 15 is 0 Å². The largest absolute Gasteiger partial charge is 0.366 e. The maximum absolute atomic E-state index is 11.9. The second kappa shape index (κ2) is 10.2. The molecule has 8 heteroatoms. The minimum absolute atomic E-state index is 0.170. The van der Waals surface area contributed by atoms with Gasteiger partial charge in [-0.25, -0.2) is 4.99 Å². The monoisotopic (exact) mass is 399 g/mol. The van der Waals surface area contributed by atoms with Gasteiger partial charge in [-0.15, -0.1) is 0 Å². The molecule has 0 saturated heterocycles. The van der Waals surface area contributed by atoms with Crippen molar-refractivity contribution < 1.29 is 9.59 Å². The zero-order valence-corrected chi connectivity index (χ0v) is 16.6. The second-order valence-corrected chi connectivity index (χ2v) is 6.55. The minimum Gasteiger partial charge on any atom is -0.366 e. The molecule has 146 valence electrons. The highest BCUT2D eigenvalue weighted by Crippen LogP contribution is 2.18. The molecule has 1 heterocycles. The Kier molecular flexibility index (Phi) is 7.71. The van der Waals surface area contributed by atoms with Gasteiger partial charge in [0.15, 0.2) is 12.1 Å². The van der Waals surface area contributed by atoms with Gasteiger partial charge in [0.05, 0.1) is 12.4 Å². The summed E-state index contributed by atoms with van der Waals surface area (Å²) < 4.78 is 0. The Bertz CT molecular complexity index is 867. The molecular weight excluding hydrogens is 378 g/mol. The first-order chi connectivity index (χ1) is 13.5. The Hall–Kier alpha value is -3.19. The summed E-state index contributed by atoms with van der Waals surface area (Å²) in [5.41, 5.74) is 2.98. The quantitative estimate of drug-likeness (QED) is 0.287. The maximum Gasteiger partial charge on any atom is 0.215 e. The number of hydrogen-bond donors (Lipinski definition) is 1. The number of pyridine rings is 1. The van der Waals surface area contributed by atoms with Crippen LogP contribution in [0.25, 0.3) is 0 Å². The summed E-state index contributed by atoms with van der Waals surface area (Å²) >= 11 is 5.96. The number of aliphatic imine (C=N–C) groups is 1. The van der Waals surface area contributed by atoms with E-state index < -0.39 is 0 Å². The first-order valence-electron chi connectivity index (χ1n) is 8.47. The molecule has 1 amide bonds. The average molecular weight is 400 g/mol. The van der Waals surface area contributed by atoms with Crippen LogP contribution in [0.15, 0.2) is 59.2 Å². The third-order valence-corrected chi connectivity index (χ3v) is 4.21. The van der Waals surface area contributed by atoms with E-state index in [2.05, 4.69) is 22.0 Å². The first-order valence-corrected chi connectivity index (χ1v) is 8.85. The summed E-state index contributed by atoms with van der Waals surface area (Å²) in [6, 6.07) is 9.25. The molecule has 2 rings (SSSR count). The SMILES string of the molecule is C=N/C(=C(/C=O)N(CNc1cncc(C)c1)Cc1ccc(Cl)cc1)N(C)C=O. The summed E-state index contributed by atoms with van der Waals surface area (Å²) in [5, 5.41) is 3.87. The normalized spacial score (nSPS) is 11.2. The van der Waals surface area contributed by atoms with Crippen LogP contribution in [0.5, 0.6) is 0 Å². The Morgan fingerprint density at radius 2 is 2.00 bits per heavy atom. The van der Waals surface area contributed by atoms with Crippen LogP contribution in [0.1, 0.15) is 11.1 Å². The molecule has 0 aliphatic rings. The fraction of sp³-hybridized carbons (Fsp3) is 0.200. The van der Waals surface area contributed by atoms with Crippen molar-refractivity contribution in [2.45, 2.75) is 13.5 Å². The first kappa shape index (κ1) is 21.1. The number of hydrogen-bond acceptors (Lipinski definition) is 6. The molecular formula is C20H22ClN5O2. The van der Waals surface area contributed by atoms with Gasteiger partial charge >= 0.3 is 0 Å². The topological polar surface area (TPSA) is 77.9 Å². The Labute approximate surface area is 169 Å². The molecule has 0 aliphatic carbocycles. The van der Waals surface area contributed by atoms with Gasteiger partial charge in [-0.2, -0.15) is 0 Å². The van der Waals surface area contributed by atoms with Crippen LogP contribution >= 0.6 is 11.6 Å². The molecule has 0 aliphatic heterocycles. The second-order valence-electron chi connectivity index (χ2n) is 6.11. The standard InChI is InChI=1S/C20H22ClN5O2/c1-15-8-18(10-23-9-15)24-13-26(11-16-4-6-17(21)7-5-16)19(12-27)20(22-2)25(3)14-28/h4-10,12,14,24H,2,11,13H2,1,3H3/b20-19+. The van der Waals surface area contributed by atoms with Crippen molar-refractivity contribution in [3.8, 4) is 0 Å². The van der Waals surface area contributed by atoms with Crippen LogP contribution in [0.3, 0.4) is 0 Å². The number of anilines is 1. The zero-order chi connectivity index (χ0) is 20.5. The van der Waals surface area contributed by atoms with Gasteiger partial charge in [-0.3, -0.25) is 14.6 Å². The van der Waals surface area contributed by atoms with E-state index in [9.17, 15) is 9.59 Å². The molecule has 1 aromatic heterocycles. The predicted molar refractivity (Wildman–Crippen MR) is 111 cm³/mol. The van der Waals surface area contributed by atoms with Gasteiger partial charge < -0.3 is 15.1 Å². The molecule has 0 radical (unpaired) electrons. The minimum atomic E-state index is 0.170. The van der Waals surface area contributed by atoms with Gasteiger partial charge in [0.2, 0.25) is 6.41 Å². The van der Waals surface area contributed by atoms with Crippen molar-refractivity contribution in [1.82, 2.24) is 14.8 Å². The number of carbonyl (C=O) groups excluding carboxylic acids is 2. The number of rotatable bonds is 10. The number of benzene rings is 1. The number of aromatic nitrogens is 1. The van der Waals surface area contributed by atoms with Crippen LogP contribution in [-0.4, -0.2) is 47.9 Å². The van der Waals surface area contributed by atoms with Crippen LogP contribution in [0.2, 0.25) is 5.02 Å². The Balaban J connectivity index is 2.36. The van der Waals surface area contributed by atoms with Gasteiger partial charge in [0, 0.05) is 31.0 Å². The Morgan fingerprint density at radius 1 is 1.29 bits per heavy atom. The van der Waals surface area contributed by atoms with Crippen molar-refractivity contribution in [2.24, 2.45) is 4.99 Å². The number of allylic oxidation sites excluding steroid dienone is 1. The number of aldehydes is 1. The molecule has 0 saturated carbocycles. The highest BCUT2D eigenvalue weighted by Gasteiger charge is 2.17. The summed E-state index contributed by atoms with van der Waals surface area (Å²) in [6.07, 6.45) is 4.69. The average Bonchev–Trinajstić information content (AvgIpc) is 2.70. The van der Waals surface area contributed by atoms with E-state index in [1.165, 1.54) is 11.9 Å². The molecule has 0 bridgehead atoms. The number of aryl methyl sites for hydroxylation is 1. The van der Waals surface area contributed by atoms with Gasteiger partial charge in [-0.1, -0.05) is 23.7 Å². The molecule has 0 atom stereocenters. The summed E-state index contributed by atoms with van der Waals surface area (Å²) in [7, 11) is 1.51. The molecule has 1 aromatic carbocycles.